The third kappa shape index (κ3) is 3.63. The number of hydrogen-bond donors (Lipinski definition) is 0. The van der Waals surface area contributed by atoms with Crippen molar-refractivity contribution in [3.05, 3.63) is 88.2 Å². The van der Waals surface area contributed by atoms with Crippen LogP contribution in [0.2, 0.25) is 0 Å². The zero-order valence-corrected chi connectivity index (χ0v) is 17.9. The first-order chi connectivity index (χ1) is 15.0. The monoisotopic (exact) mass is 482 g/mol. The van der Waals surface area contributed by atoms with Gasteiger partial charge in [0.25, 0.3) is 5.91 Å². The summed E-state index contributed by atoms with van der Waals surface area (Å²) in [4.78, 5) is 19.5. The Morgan fingerprint density at radius 2 is 1.94 bits per heavy atom. The van der Waals surface area contributed by atoms with Crippen molar-refractivity contribution in [2.24, 2.45) is 0 Å². The van der Waals surface area contributed by atoms with Gasteiger partial charge in [0.15, 0.2) is 5.58 Å². The molecule has 1 unspecified atom stereocenters. The highest BCUT2D eigenvalue weighted by Gasteiger charge is 2.34. The fourth-order valence-corrected chi connectivity index (χ4v) is 4.49. The lowest BCUT2D eigenvalue weighted by molar-refractivity contribution is 0.0716. The average Bonchev–Trinajstić information content (AvgIpc) is 3.40. The zero-order valence-electron chi connectivity index (χ0n) is 16.3. The van der Waals surface area contributed by atoms with Crippen LogP contribution in [0.15, 0.2) is 69.6 Å². The minimum Gasteiger partial charge on any atom is -0.438 e. The Labute approximate surface area is 185 Å². The molecule has 1 aromatic heterocycles. The summed E-state index contributed by atoms with van der Waals surface area (Å²) in [7, 11) is 0. The van der Waals surface area contributed by atoms with Crippen LogP contribution in [0.1, 0.15) is 35.1 Å². The molecular weight excluding hydrogens is 466 g/mol. The SMILES string of the molecule is O=C(c1ccccc1Br)N1CCCC1c1nc2cc(-c3ccc(F)cc3F)ccc2o1. The van der Waals surface area contributed by atoms with E-state index in [-0.39, 0.29) is 11.9 Å². The van der Waals surface area contributed by atoms with Crippen LogP contribution in [0.5, 0.6) is 0 Å². The van der Waals surface area contributed by atoms with Crippen LogP contribution in [0.25, 0.3) is 22.2 Å². The van der Waals surface area contributed by atoms with Gasteiger partial charge in [-0.25, -0.2) is 13.8 Å². The molecule has 31 heavy (non-hydrogen) atoms. The maximum absolute atomic E-state index is 14.2. The number of fused-ring (bicyclic) bond motifs is 1. The zero-order chi connectivity index (χ0) is 21.5. The van der Waals surface area contributed by atoms with Gasteiger partial charge in [0.1, 0.15) is 23.2 Å². The third-order valence-electron chi connectivity index (χ3n) is 5.55. The van der Waals surface area contributed by atoms with Gasteiger partial charge in [0, 0.05) is 22.6 Å². The highest BCUT2D eigenvalue weighted by molar-refractivity contribution is 9.10. The van der Waals surface area contributed by atoms with E-state index in [1.54, 1.807) is 29.2 Å². The predicted molar refractivity (Wildman–Crippen MR) is 117 cm³/mol. The Balaban J connectivity index is 1.48. The van der Waals surface area contributed by atoms with E-state index in [9.17, 15) is 13.6 Å². The molecule has 1 aliphatic rings. The molecule has 0 radical (unpaired) electrons. The molecule has 3 aromatic carbocycles. The first-order valence-corrected chi connectivity index (χ1v) is 10.7. The molecule has 1 atom stereocenters. The lowest BCUT2D eigenvalue weighted by atomic mass is 10.0. The molecule has 7 heteroatoms. The summed E-state index contributed by atoms with van der Waals surface area (Å²) in [6.07, 6.45) is 1.61. The van der Waals surface area contributed by atoms with Crippen molar-refractivity contribution in [2.45, 2.75) is 18.9 Å². The van der Waals surface area contributed by atoms with E-state index in [2.05, 4.69) is 20.9 Å². The summed E-state index contributed by atoms with van der Waals surface area (Å²) >= 11 is 3.45. The second-order valence-corrected chi connectivity index (χ2v) is 8.35. The number of hydrogen-bond acceptors (Lipinski definition) is 3. The van der Waals surface area contributed by atoms with Crippen molar-refractivity contribution < 1.29 is 18.0 Å². The van der Waals surface area contributed by atoms with Gasteiger partial charge >= 0.3 is 0 Å². The summed E-state index contributed by atoms with van der Waals surface area (Å²) in [5.74, 6) is -0.873. The minimum absolute atomic E-state index is 0.0775. The van der Waals surface area contributed by atoms with Crippen LogP contribution in [0.4, 0.5) is 8.78 Å². The average molecular weight is 483 g/mol. The van der Waals surface area contributed by atoms with Gasteiger partial charge in [-0.15, -0.1) is 0 Å². The van der Waals surface area contributed by atoms with E-state index in [0.29, 0.717) is 40.2 Å². The first-order valence-electron chi connectivity index (χ1n) is 9.92. The Morgan fingerprint density at radius 3 is 2.74 bits per heavy atom. The Hall–Kier alpha value is -3.06. The Bertz CT molecular complexity index is 1300. The number of oxazole rings is 1. The van der Waals surface area contributed by atoms with Crippen molar-refractivity contribution in [2.75, 3.05) is 6.54 Å². The second-order valence-electron chi connectivity index (χ2n) is 7.50. The van der Waals surface area contributed by atoms with E-state index in [1.165, 1.54) is 12.1 Å². The number of rotatable bonds is 3. The summed E-state index contributed by atoms with van der Waals surface area (Å²) < 4.78 is 34.1. The first kappa shape index (κ1) is 19.9. The van der Waals surface area contributed by atoms with Crippen LogP contribution in [0, 0.1) is 11.6 Å². The number of amides is 1. The van der Waals surface area contributed by atoms with Crippen LogP contribution in [-0.4, -0.2) is 22.3 Å². The van der Waals surface area contributed by atoms with Crippen LogP contribution >= 0.6 is 15.9 Å². The highest BCUT2D eigenvalue weighted by Crippen LogP contribution is 2.36. The summed E-state index contributed by atoms with van der Waals surface area (Å²) in [6, 6.07) is 15.7. The molecule has 4 nitrogen and oxygen atoms in total. The maximum atomic E-state index is 14.2. The fourth-order valence-electron chi connectivity index (χ4n) is 4.03. The largest absolute Gasteiger partial charge is 0.438 e. The Morgan fingerprint density at radius 1 is 1.10 bits per heavy atom. The van der Waals surface area contributed by atoms with E-state index in [0.717, 1.165) is 23.4 Å². The van der Waals surface area contributed by atoms with Crippen LogP contribution in [-0.2, 0) is 0 Å². The molecule has 1 fully saturated rings. The smallest absolute Gasteiger partial charge is 0.255 e. The molecule has 1 aliphatic heterocycles. The van der Waals surface area contributed by atoms with Gasteiger partial charge in [-0.1, -0.05) is 18.2 Å². The van der Waals surface area contributed by atoms with E-state index < -0.39 is 11.6 Å². The van der Waals surface area contributed by atoms with Gasteiger partial charge in [0.05, 0.1) is 5.56 Å². The fraction of sp³-hybridized carbons (Fsp3) is 0.167. The lowest BCUT2D eigenvalue weighted by Gasteiger charge is -2.22. The van der Waals surface area contributed by atoms with Crippen LogP contribution in [0.3, 0.4) is 0 Å². The quantitative estimate of drug-likeness (QED) is 0.334. The topological polar surface area (TPSA) is 46.3 Å². The second kappa shape index (κ2) is 7.89. The molecule has 0 bridgehead atoms. The molecule has 2 heterocycles. The van der Waals surface area contributed by atoms with Gasteiger partial charge in [-0.3, -0.25) is 4.79 Å². The molecule has 0 spiro atoms. The molecule has 0 saturated carbocycles. The van der Waals surface area contributed by atoms with Gasteiger partial charge in [-0.2, -0.15) is 0 Å². The molecule has 1 amide bonds. The summed E-state index contributed by atoms with van der Waals surface area (Å²) in [5, 5.41) is 0. The Kier molecular flexibility index (Phi) is 5.06. The van der Waals surface area contributed by atoms with Crippen molar-refractivity contribution in [3.63, 3.8) is 0 Å². The van der Waals surface area contributed by atoms with Gasteiger partial charge in [-0.05, 0) is 70.7 Å². The summed E-state index contributed by atoms with van der Waals surface area (Å²) in [5.41, 5.74) is 2.59. The van der Waals surface area contributed by atoms with Crippen molar-refractivity contribution in [3.8, 4) is 11.1 Å². The molecule has 4 aromatic rings. The minimum atomic E-state index is -0.635. The number of aromatic nitrogens is 1. The predicted octanol–water partition coefficient (Wildman–Crippen LogP) is 6.51. The van der Waals surface area contributed by atoms with Crippen molar-refractivity contribution in [1.29, 1.82) is 0 Å². The number of nitrogens with zero attached hydrogens (tertiary/aromatic N) is 2. The summed E-state index contributed by atoms with van der Waals surface area (Å²) in [6.45, 7) is 0.621. The van der Waals surface area contributed by atoms with Crippen LogP contribution < -0.4 is 0 Å². The van der Waals surface area contributed by atoms with Gasteiger partial charge in [0.2, 0.25) is 5.89 Å². The van der Waals surface area contributed by atoms with E-state index in [1.807, 2.05) is 18.2 Å². The third-order valence-corrected chi connectivity index (χ3v) is 6.24. The molecule has 0 aliphatic carbocycles. The molecule has 0 N–H and O–H groups in total. The number of halogens is 3. The molecule has 5 rings (SSSR count). The van der Waals surface area contributed by atoms with Crippen molar-refractivity contribution in [1.82, 2.24) is 9.88 Å². The lowest BCUT2D eigenvalue weighted by Crippen LogP contribution is -2.30. The van der Waals surface area contributed by atoms with E-state index in [4.69, 9.17) is 4.42 Å². The molecular formula is C24H17BrF2N2O2. The molecule has 1 saturated heterocycles. The number of carbonyl (C=O) groups excluding carboxylic acids is 1. The molecule has 156 valence electrons. The number of likely N-dealkylation sites (tertiary alicyclic amines) is 1. The standard InChI is InChI=1S/C24H17BrF2N2O2/c25-18-5-2-1-4-17(18)24(30)29-11-3-6-21(29)23-28-20-12-14(7-10-22(20)31-23)16-9-8-15(26)13-19(16)27/h1-2,4-5,7-10,12-13,21H,3,6,11H2. The van der Waals surface area contributed by atoms with Crippen molar-refractivity contribution >= 4 is 32.9 Å². The normalized spacial score (nSPS) is 16.2. The van der Waals surface area contributed by atoms with Gasteiger partial charge < -0.3 is 9.32 Å². The highest BCUT2D eigenvalue weighted by atomic mass is 79.9. The van der Waals surface area contributed by atoms with E-state index >= 15 is 0 Å². The maximum Gasteiger partial charge on any atom is 0.255 e. The number of benzene rings is 3. The number of carbonyl (C=O) groups is 1.